The summed E-state index contributed by atoms with van der Waals surface area (Å²) in [6, 6.07) is 8.53. The van der Waals surface area contributed by atoms with Crippen molar-refractivity contribution in [3.8, 4) is 0 Å². The van der Waals surface area contributed by atoms with Gasteiger partial charge in [-0.3, -0.25) is 4.79 Å². The largest absolute Gasteiger partial charge is 0.357 e. The third-order valence-electron chi connectivity index (χ3n) is 4.44. The highest BCUT2D eigenvalue weighted by molar-refractivity contribution is 7.10. The average Bonchev–Trinajstić information content (AvgIpc) is 3.14. The number of halogens is 1. The topological polar surface area (TPSA) is 56.7 Å². The van der Waals surface area contributed by atoms with Crippen LogP contribution in [0.4, 0.5) is 4.39 Å². The number of carbonyl (C=O) groups is 1. The Kier molecular flexibility index (Phi) is 6.81. The number of aliphatic imine (C=N–C) groups is 1. The van der Waals surface area contributed by atoms with E-state index in [1.807, 2.05) is 17.9 Å². The van der Waals surface area contributed by atoms with E-state index < -0.39 is 0 Å². The van der Waals surface area contributed by atoms with Crippen molar-refractivity contribution < 1.29 is 9.18 Å². The van der Waals surface area contributed by atoms with E-state index in [0.717, 1.165) is 25.1 Å². The number of carbonyl (C=O) groups excluding carboxylic acids is 1. The van der Waals surface area contributed by atoms with Gasteiger partial charge in [0.15, 0.2) is 5.96 Å². The zero-order valence-corrected chi connectivity index (χ0v) is 16.3. The van der Waals surface area contributed by atoms with Crippen LogP contribution in [0.3, 0.4) is 0 Å². The number of hydrogen-bond donors (Lipinski definition) is 2. The van der Waals surface area contributed by atoms with Gasteiger partial charge >= 0.3 is 0 Å². The van der Waals surface area contributed by atoms with Crippen molar-refractivity contribution in [3.63, 3.8) is 0 Å². The number of guanidine groups is 1. The van der Waals surface area contributed by atoms with Gasteiger partial charge in [-0.25, -0.2) is 9.38 Å². The third-order valence-corrected chi connectivity index (χ3v) is 5.47. The maximum absolute atomic E-state index is 13.3. The third kappa shape index (κ3) is 5.53. The van der Waals surface area contributed by atoms with E-state index in [9.17, 15) is 9.18 Å². The lowest BCUT2D eigenvalue weighted by atomic mass is 10.1. The maximum Gasteiger partial charge on any atom is 0.224 e. The van der Waals surface area contributed by atoms with Crippen LogP contribution >= 0.6 is 11.3 Å². The Balaban J connectivity index is 1.48. The first kappa shape index (κ1) is 19.4. The Morgan fingerprint density at radius 2 is 2.22 bits per heavy atom. The summed E-state index contributed by atoms with van der Waals surface area (Å²) in [6.45, 7) is 5.10. The number of nitrogens with one attached hydrogen (secondary N) is 2. The average molecular weight is 389 g/mol. The molecule has 2 aromatic rings. The van der Waals surface area contributed by atoms with E-state index in [1.165, 1.54) is 22.6 Å². The van der Waals surface area contributed by atoms with Gasteiger partial charge in [-0.15, -0.1) is 11.3 Å². The molecule has 0 atom stereocenters. The molecule has 1 aromatic carbocycles. The predicted molar refractivity (Wildman–Crippen MR) is 107 cm³/mol. The highest BCUT2D eigenvalue weighted by atomic mass is 32.1. The molecule has 1 amide bonds. The number of hydrogen-bond acceptors (Lipinski definition) is 3. The SMILES string of the molecule is CCNC(=NCc1cccc(F)c1)NCCC(=O)N1CCc2sccc2C1. The first-order chi connectivity index (χ1) is 13.2. The molecule has 1 aromatic heterocycles. The molecule has 1 aliphatic rings. The molecule has 7 heteroatoms. The Morgan fingerprint density at radius 1 is 1.33 bits per heavy atom. The molecule has 2 N–H and O–H groups in total. The first-order valence-electron chi connectivity index (χ1n) is 9.25. The molecular formula is C20H25FN4OS. The van der Waals surface area contributed by atoms with Crippen LogP contribution in [0.2, 0.25) is 0 Å². The lowest BCUT2D eigenvalue weighted by Gasteiger charge is -2.27. The van der Waals surface area contributed by atoms with Gasteiger partial charge in [0.25, 0.3) is 0 Å². The van der Waals surface area contributed by atoms with Gasteiger partial charge in [0.2, 0.25) is 5.91 Å². The fourth-order valence-corrected chi connectivity index (χ4v) is 3.94. The van der Waals surface area contributed by atoms with Crippen LogP contribution in [0, 0.1) is 5.82 Å². The zero-order chi connectivity index (χ0) is 19.1. The van der Waals surface area contributed by atoms with Crippen molar-refractivity contribution in [1.29, 1.82) is 0 Å². The highest BCUT2D eigenvalue weighted by Gasteiger charge is 2.20. The van der Waals surface area contributed by atoms with Gasteiger partial charge in [0, 0.05) is 37.5 Å². The van der Waals surface area contributed by atoms with Crippen molar-refractivity contribution in [2.75, 3.05) is 19.6 Å². The summed E-state index contributed by atoms with van der Waals surface area (Å²) < 4.78 is 13.3. The number of thiophene rings is 1. The molecule has 3 rings (SSSR count). The molecule has 5 nitrogen and oxygen atoms in total. The van der Waals surface area contributed by atoms with E-state index >= 15 is 0 Å². The molecule has 144 valence electrons. The summed E-state index contributed by atoms with van der Waals surface area (Å²) in [5.41, 5.74) is 2.08. The highest BCUT2D eigenvalue weighted by Crippen LogP contribution is 2.24. The molecule has 1 aliphatic heterocycles. The van der Waals surface area contributed by atoms with Gasteiger partial charge in [-0.2, -0.15) is 0 Å². The van der Waals surface area contributed by atoms with Crippen LogP contribution in [-0.2, 0) is 24.3 Å². The van der Waals surface area contributed by atoms with Crippen LogP contribution in [0.1, 0.15) is 29.3 Å². The van der Waals surface area contributed by atoms with Crippen molar-refractivity contribution in [3.05, 3.63) is 57.5 Å². The Labute approximate surface area is 163 Å². The molecular weight excluding hydrogens is 363 g/mol. The molecule has 0 aliphatic carbocycles. The van der Waals surface area contributed by atoms with Gasteiger partial charge in [-0.1, -0.05) is 12.1 Å². The Bertz CT molecular complexity index is 805. The second kappa shape index (κ2) is 9.50. The monoisotopic (exact) mass is 388 g/mol. The summed E-state index contributed by atoms with van der Waals surface area (Å²) in [7, 11) is 0. The van der Waals surface area contributed by atoms with Crippen LogP contribution in [0.25, 0.3) is 0 Å². The van der Waals surface area contributed by atoms with Crippen LogP contribution in [0.5, 0.6) is 0 Å². The Morgan fingerprint density at radius 3 is 3.04 bits per heavy atom. The summed E-state index contributed by atoms with van der Waals surface area (Å²) in [5.74, 6) is 0.523. The smallest absolute Gasteiger partial charge is 0.224 e. The molecule has 0 saturated carbocycles. The number of rotatable bonds is 6. The minimum Gasteiger partial charge on any atom is -0.357 e. The minimum absolute atomic E-state index is 0.153. The number of benzene rings is 1. The molecule has 27 heavy (non-hydrogen) atoms. The van der Waals surface area contributed by atoms with Crippen molar-refractivity contribution in [1.82, 2.24) is 15.5 Å². The second-order valence-electron chi connectivity index (χ2n) is 6.44. The lowest BCUT2D eigenvalue weighted by molar-refractivity contribution is -0.131. The van der Waals surface area contributed by atoms with E-state index in [-0.39, 0.29) is 11.7 Å². The van der Waals surface area contributed by atoms with E-state index in [4.69, 9.17) is 0 Å². The number of amides is 1. The van der Waals surface area contributed by atoms with E-state index in [0.29, 0.717) is 32.0 Å². The lowest BCUT2D eigenvalue weighted by Crippen LogP contribution is -2.41. The van der Waals surface area contributed by atoms with Crippen LogP contribution in [-0.4, -0.2) is 36.4 Å². The normalized spacial score (nSPS) is 14.0. The molecule has 0 spiro atoms. The van der Waals surface area contributed by atoms with Crippen molar-refractivity contribution >= 4 is 23.2 Å². The molecule has 0 unspecified atom stereocenters. The van der Waals surface area contributed by atoms with Crippen molar-refractivity contribution in [2.24, 2.45) is 4.99 Å². The van der Waals surface area contributed by atoms with E-state index in [1.54, 1.807) is 17.4 Å². The Hall–Kier alpha value is -2.41. The van der Waals surface area contributed by atoms with Crippen LogP contribution in [0.15, 0.2) is 40.7 Å². The fourth-order valence-electron chi connectivity index (χ4n) is 3.05. The van der Waals surface area contributed by atoms with Crippen LogP contribution < -0.4 is 10.6 Å². The van der Waals surface area contributed by atoms with Gasteiger partial charge in [0.1, 0.15) is 5.82 Å². The van der Waals surface area contributed by atoms with Crippen molar-refractivity contribution in [2.45, 2.75) is 32.9 Å². The molecule has 0 radical (unpaired) electrons. The summed E-state index contributed by atoms with van der Waals surface area (Å²) >= 11 is 1.77. The number of fused-ring (bicyclic) bond motifs is 1. The van der Waals surface area contributed by atoms with Gasteiger partial charge in [-0.05, 0) is 48.1 Å². The second-order valence-corrected chi connectivity index (χ2v) is 7.44. The van der Waals surface area contributed by atoms with Gasteiger partial charge in [0.05, 0.1) is 6.54 Å². The summed E-state index contributed by atoms with van der Waals surface area (Å²) in [5, 5.41) is 8.44. The first-order valence-corrected chi connectivity index (χ1v) is 10.1. The summed E-state index contributed by atoms with van der Waals surface area (Å²) in [6.07, 6.45) is 1.37. The van der Waals surface area contributed by atoms with Gasteiger partial charge < -0.3 is 15.5 Å². The molecule has 0 fully saturated rings. The molecule has 0 bridgehead atoms. The fraction of sp³-hybridized carbons (Fsp3) is 0.400. The predicted octanol–water partition coefficient (Wildman–Crippen LogP) is 2.92. The summed E-state index contributed by atoms with van der Waals surface area (Å²) in [4.78, 5) is 20.3. The standard InChI is InChI=1S/C20H25FN4OS/c1-2-22-20(24-13-15-4-3-5-17(21)12-15)23-9-6-19(26)25-10-7-18-16(14-25)8-11-27-18/h3-5,8,11-12H,2,6-7,9-10,13-14H2,1H3,(H2,22,23,24). The van der Waals surface area contributed by atoms with E-state index in [2.05, 4.69) is 27.1 Å². The quantitative estimate of drug-likeness (QED) is 0.591. The number of nitrogens with zero attached hydrogens (tertiary/aromatic N) is 2. The molecule has 0 saturated heterocycles. The minimum atomic E-state index is -0.262. The zero-order valence-electron chi connectivity index (χ0n) is 15.5. The maximum atomic E-state index is 13.3. The molecule has 2 heterocycles.